The quantitative estimate of drug-likeness (QED) is 0.654. The van der Waals surface area contributed by atoms with Gasteiger partial charge in [-0.05, 0) is 18.9 Å². The summed E-state index contributed by atoms with van der Waals surface area (Å²) in [6, 6.07) is 6.06. The maximum atomic E-state index is 11.3. The van der Waals surface area contributed by atoms with Crippen LogP contribution in [0.3, 0.4) is 0 Å². The van der Waals surface area contributed by atoms with Gasteiger partial charge in [-0.15, -0.1) is 0 Å². The molecule has 1 aromatic rings. The standard InChI is InChI=1S/C11H12N2O4.C2H6/c14-11(12-8-4-5-8)7-17-10-3-1-2-9(6-10)13(15)16;1-2/h1-3,6,8H,4-5,7H2,(H,12,14);1-2H3. The molecule has 1 aliphatic rings. The minimum Gasteiger partial charge on any atom is -0.484 e. The molecule has 1 amide bonds. The molecule has 0 aliphatic heterocycles. The van der Waals surface area contributed by atoms with Crippen LogP contribution >= 0.6 is 0 Å². The van der Waals surface area contributed by atoms with Crippen LogP contribution in [0.15, 0.2) is 24.3 Å². The summed E-state index contributed by atoms with van der Waals surface area (Å²) in [5.74, 6) is 0.129. The van der Waals surface area contributed by atoms with Gasteiger partial charge in [0.25, 0.3) is 11.6 Å². The van der Waals surface area contributed by atoms with E-state index in [4.69, 9.17) is 4.74 Å². The van der Waals surface area contributed by atoms with E-state index >= 15 is 0 Å². The number of nitrogens with zero attached hydrogens (tertiary/aromatic N) is 1. The molecule has 0 radical (unpaired) electrons. The molecule has 104 valence electrons. The molecule has 0 atom stereocenters. The van der Waals surface area contributed by atoms with Gasteiger partial charge in [-0.2, -0.15) is 0 Å². The number of carbonyl (C=O) groups is 1. The molecular formula is C13H18N2O4. The van der Waals surface area contributed by atoms with E-state index in [0.29, 0.717) is 5.75 Å². The number of hydrogen-bond acceptors (Lipinski definition) is 4. The third-order valence-electron chi connectivity index (χ3n) is 2.34. The van der Waals surface area contributed by atoms with Crippen LogP contribution in [0.5, 0.6) is 5.75 Å². The number of carbonyl (C=O) groups excluding carboxylic acids is 1. The molecule has 0 bridgehead atoms. The summed E-state index contributed by atoms with van der Waals surface area (Å²) in [6.07, 6.45) is 2.03. The average molecular weight is 266 g/mol. The van der Waals surface area contributed by atoms with Crippen molar-refractivity contribution in [2.75, 3.05) is 6.61 Å². The predicted octanol–water partition coefficient (Wildman–Crippen LogP) is 2.28. The Bertz CT molecular complexity index is 444. The van der Waals surface area contributed by atoms with Gasteiger partial charge in [0.05, 0.1) is 11.0 Å². The predicted molar refractivity (Wildman–Crippen MR) is 71.1 cm³/mol. The van der Waals surface area contributed by atoms with Crippen LogP contribution < -0.4 is 10.1 Å². The topological polar surface area (TPSA) is 81.5 Å². The number of rotatable bonds is 5. The van der Waals surface area contributed by atoms with E-state index in [1.54, 1.807) is 6.07 Å². The van der Waals surface area contributed by atoms with Crippen molar-refractivity contribution < 1.29 is 14.5 Å². The van der Waals surface area contributed by atoms with Gasteiger partial charge >= 0.3 is 0 Å². The molecule has 0 heterocycles. The average Bonchev–Trinajstić information content (AvgIpc) is 3.23. The Morgan fingerprint density at radius 3 is 2.74 bits per heavy atom. The number of benzene rings is 1. The van der Waals surface area contributed by atoms with E-state index in [-0.39, 0.29) is 24.2 Å². The van der Waals surface area contributed by atoms with Crippen LogP contribution in [-0.2, 0) is 4.79 Å². The number of nitro benzene ring substituents is 1. The molecule has 2 rings (SSSR count). The fourth-order valence-electron chi connectivity index (χ4n) is 1.33. The maximum Gasteiger partial charge on any atom is 0.273 e. The van der Waals surface area contributed by atoms with Crippen molar-refractivity contribution in [1.29, 1.82) is 0 Å². The van der Waals surface area contributed by atoms with Crippen LogP contribution in [0.25, 0.3) is 0 Å². The van der Waals surface area contributed by atoms with Gasteiger partial charge in [-0.3, -0.25) is 14.9 Å². The number of non-ortho nitro benzene ring substituents is 1. The number of ether oxygens (including phenoxy) is 1. The van der Waals surface area contributed by atoms with Crippen LogP contribution in [0.2, 0.25) is 0 Å². The molecule has 19 heavy (non-hydrogen) atoms. The van der Waals surface area contributed by atoms with Crippen LogP contribution in [-0.4, -0.2) is 23.5 Å². The van der Waals surface area contributed by atoms with Gasteiger partial charge in [-0.1, -0.05) is 19.9 Å². The van der Waals surface area contributed by atoms with Gasteiger partial charge < -0.3 is 10.1 Å². The molecule has 0 saturated heterocycles. The van der Waals surface area contributed by atoms with Crippen LogP contribution in [0.1, 0.15) is 26.7 Å². The zero-order chi connectivity index (χ0) is 14.3. The summed E-state index contributed by atoms with van der Waals surface area (Å²) in [7, 11) is 0. The maximum absolute atomic E-state index is 11.3. The fourth-order valence-corrected chi connectivity index (χ4v) is 1.33. The summed E-state index contributed by atoms with van der Waals surface area (Å²) in [4.78, 5) is 21.3. The minimum atomic E-state index is -0.503. The summed E-state index contributed by atoms with van der Waals surface area (Å²) in [6.45, 7) is 3.89. The smallest absolute Gasteiger partial charge is 0.273 e. The molecule has 1 aliphatic carbocycles. The van der Waals surface area contributed by atoms with Crippen LogP contribution in [0, 0.1) is 10.1 Å². The molecular weight excluding hydrogens is 248 g/mol. The Hall–Kier alpha value is -2.11. The van der Waals surface area contributed by atoms with Crippen molar-refractivity contribution in [3.8, 4) is 5.75 Å². The zero-order valence-corrected chi connectivity index (χ0v) is 11.1. The number of amides is 1. The van der Waals surface area contributed by atoms with Crippen molar-refractivity contribution in [3.05, 3.63) is 34.4 Å². The molecule has 6 heteroatoms. The SMILES string of the molecule is CC.O=C(COc1cccc([N+](=O)[O-])c1)NC1CC1. The second-order valence-electron chi connectivity index (χ2n) is 3.88. The molecule has 0 aromatic heterocycles. The van der Waals surface area contributed by atoms with Crippen LogP contribution in [0.4, 0.5) is 5.69 Å². The highest BCUT2D eigenvalue weighted by atomic mass is 16.6. The lowest BCUT2D eigenvalue weighted by Gasteiger charge is -2.06. The van der Waals surface area contributed by atoms with E-state index in [2.05, 4.69) is 5.32 Å². The molecule has 1 saturated carbocycles. The summed E-state index contributed by atoms with van der Waals surface area (Å²) in [5.41, 5.74) is -0.0508. The summed E-state index contributed by atoms with van der Waals surface area (Å²) in [5, 5.41) is 13.3. The van der Waals surface area contributed by atoms with E-state index < -0.39 is 4.92 Å². The highest BCUT2D eigenvalue weighted by Crippen LogP contribution is 2.20. The van der Waals surface area contributed by atoms with Gasteiger partial charge in [0.2, 0.25) is 0 Å². The molecule has 1 aromatic carbocycles. The zero-order valence-electron chi connectivity index (χ0n) is 11.1. The number of hydrogen-bond donors (Lipinski definition) is 1. The monoisotopic (exact) mass is 266 g/mol. The lowest BCUT2D eigenvalue weighted by atomic mass is 10.3. The highest BCUT2D eigenvalue weighted by molar-refractivity contribution is 5.78. The normalized spacial score (nSPS) is 12.9. The van der Waals surface area contributed by atoms with Crippen molar-refractivity contribution >= 4 is 11.6 Å². The first-order chi connectivity index (χ1) is 9.15. The lowest BCUT2D eigenvalue weighted by Crippen LogP contribution is -2.30. The van der Waals surface area contributed by atoms with E-state index in [9.17, 15) is 14.9 Å². The van der Waals surface area contributed by atoms with E-state index in [1.165, 1.54) is 18.2 Å². The van der Waals surface area contributed by atoms with Crippen molar-refractivity contribution in [2.24, 2.45) is 0 Å². The van der Waals surface area contributed by atoms with Gasteiger partial charge in [0.1, 0.15) is 5.75 Å². The van der Waals surface area contributed by atoms with Gasteiger partial charge in [0, 0.05) is 12.1 Å². The van der Waals surface area contributed by atoms with Gasteiger partial charge in [-0.25, -0.2) is 0 Å². The highest BCUT2D eigenvalue weighted by Gasteiger charge is 2.23. The minimum absolute atomic E-state index is 0.0508. The van der Waals surface area contributed by atoms with E-state index in [0.717, 1.165) is 12.8 Å². The molecule has 0 spiro atoms. The Kier molecular flexibility index (Phi) is 5.78. The Morgan fingerprint density at radius 2 is 2.16 bits per heavy atom. The Balaban J connectivity index is 0.000000861. The molecule has 0 unspecified atom stereocenters. The number of nitro groups is 1. The molecule has 1 N–H and O–H groups in total. The second kappa shape index (κ2) is 7.35. The largest absolute Gasteiger partial charge is 0.484 e. The second-order valence-corrected chi connectivity index (χ2v) is 3.88. The van der Waals surface area contributed by atoms with Gasteiger partial charge in [0.15, 0.2) is 6.61 Å². The number of nitrogens with one attached hydrogen (secondary N) is 1. The first-order valence-corrected chi connectivity index (χ1v) is 6.32. The van der Waals surface area contributed by atoms with Crippen molar-refractivity contribution in [2.45, 2.75) is 32.7 Å². The molecule has 1 fully saturated rings. The van der Waals surface area contributed by atoms with E-state index in [1.807, 2.05) is 13.8 Å². The Labute approximate surface area is 111 Å². The summed E-state index contributed by atoms with van der Waals surface area (Å²) >= 11 is 0. The lowest BCUT2D eigenvalue weighted by molar-refractivity contribution is -0.384. The first kappa shape index (κ1) is 14.9. The third kappa shape index (κ3) is 5.37. The Morgan fingerprint density at radius 1 is 1.47 bits per heavy atom. The van der Waals surface area contributed by atoms with Crippen molar-refractivity contribution in [1.82, 2.24) is 5.32 Å². The fraction of sp³-hybridized carbons (Fsp3) is 0.462. The van der Waals surface area contributed by atoms with Crippen molar-refractivity contribution in [3.63, 3.8) is 0 Å². The summed E-state index contributed by atoms with van der Waals surface area (Å²) < 4.78 is 5.17. The first-order valence-electron chi connectivity index (χ1n) is 6.32. The third-order valence-corrected chi connectivity index (χ3v) is 2.34. The molecule has 6 nitrogen and oxygen atoms in total.